The van der Waals surface area contributed by atoms with Crippen LogP contribution in [0.15, 0.2) is 40.9 Å². The third-order valence-corrected chi connectivity index (χ3v) is 4.21. The Kier molecular flexibility index (Phi) is 7.56. The smallest absolute Gasteiger partial charge is 0.276 e. The monoisotopic (exact) mass is 460 g/mol. The number of hydrogen-bond acceptors (Lipinski definition) is 4. The summed E-state index contributed by atoms with van der Waals surface area (Å²) in [4.78, 5) is 23.9. The minimum absolute atomic E-state index is 0.286. The van der Waals surface area contributed by atoms with E-state index in [0.717, 1.165) is 0 Å². The van der Waals surface area contributed by atoms with E-state index in [0.29, 0.717) is 33.2 Å². The van der Waals surface area contributed by atoms with Crippen molar-refractivity contribution in [3.05, 3.63) is 56.5 Å². The quantitative estimate of drug-likeness (QED) is 0.637. The van der Waals surface area contributed by atoms with E-state index in [1.54, 1.807) is 30.3 Å². The van der Waals surface area contributed by atoms with Crippen LogP contribution in [-0.2, 0) is 4.79 Å². The number of amides is 2. The van der Waals surface area contributed by atoms with Crippen LogP contribution in [0.3, 0.4) is 0 Å². The maximum atomic E-state index is 12.1. The number of hydrogen-bond donors (Lipinski definition) is 2. The second-order valence-corrected chi connectivity index (χ2v) is 6.64. The first-order valence-corrected chi connectivity index (χ1v) is 9.05. The molecule has 6 nitrogen and oxygen atoms in total. The standard InChI is InChI=1S/C17H15BrCl2N2O4/c1-2-25-14-5-3-10(7-12(14)18)17(24)22-21-16(23)9-26-15-6-4-11(19)8-13(15)20/h3-8H,2,9H2,1H3,(H,21,23)(H,22,24). The minimum Gasteiger partial charge on any atom is -0.493 e. The molecule has 0 unspecified atom stereocenters. The van der Waals surface area contributed by atoms with E-state index >= 15 is 0 Å². The highest BCUT2D eigenvalue weighted by molar-refractivity contribution is 9.10. The van der Waals surface area contributed by atoms with Gasteiger partial charge in [0.1, 0.15) is 11.5 Å². The first-order valence-electron chi connectivity index (χ1n) is 7.50. The maximum absolute atomic E-state index is 12.1. The number of rotatable bonds is 6. The number of carbonyl (C=O) groups excluding carboxylic acids is 2. The summed E-state index contributed by atoms with van der Waals surface area (Å²) >= 11 is 15.1. The zero-order chi connectivity index (χ0) is 19.1. The van der Waals surface area contributed by atoms with Gasteiger partial charge in [0.05, 0.1) is 16.1 Å². The second-order valence-electron chi connectivity index (χ2n) is 4.94. The van der Waals surface area contributed by atoms with Crippen LogP contribution >= 0.6 is 39.1 Å². The lowest BCUT2D eigenvalue weighted by molar-refractivity contribution is -0.123. The summed E-state index contributed by atoms with van der Waals surface area (Å²) < 4.78 is 11.3. The average Bonchev–Trinajstić information content (AvgIpc) is 2.60. The van der Waals surface area contributed by atoms with Gasteiger partial charge in [0, 0.05) is 10.6 Å². The van der Waals surface area contributed by atoms with Crippen molar-refractivity contribution >= 4 is 50.9 Å². The molecule has 0 radical (unpaired) electrons. The van der Waals surface area contributed by atoms with E-state index < -0.39 is 11.8 Å². The third kappa shape index (κ3) is 5.79. The highest BCUT2D eigenvalue weighted by Gasteiger charge is 2.11. The summed E-state index contributed by atoms with van der Waals surface area (Å²) in [7, 11) is 0. The summed E-state index contributed by atoms with van der Waals surface area (Å²) in [6.45, 7) is 2.05. The average molecular weight is 462 g/mol. The Morgan fingerprint density at radius 3 is 2.42 bits per heavy atom. The van der Waals surface area contributed by atoms with E-state index in [2.05, 4.69) is 26.8 Å². The van der Waals surface area contributed by atoms with Gasteiger partial charge in [0.2, 0.25) is 0 Å². The normalized spacial score (nSPS) is 10.2. The summed E-state index contributed by atoms with van der Waals surface area (Å²) in [5.41, 5.74) is 4.91. The topological polar surface area (TPSA) is 76.7 Å². The number of nitrogens with one attached hydrogen (secondary N) is 2. The van der Waals surface area contributed by atoms with Gasteiger partial charge in [-0.25, -0.2) is 0 Å². The zero-order valence-electron chi connectivity index (χ0n) is 13.6. The lowest BCUT2D eigenvalue weighted by Crippen LogP contribution is -2.43. The molecule has 0 aliphatic rings. The van der Waals surface area contributed by atoms with E-state index in [-0.39, 0.29) is 11.6 Å². The molecule has 0 spiro atoms. The molecule has 2 N–H and O–H groups in total. The fourth-order valence-corrected chi connectivity index (χ4v) is 2.84. The van der Waals surface area contributed by atoms with E-state index in [4.69, 9.17) is 32.7 Å². The van der Waals surface area contributed by atoms with Crippen LogP contribution < -0.4 is 20.3 Å². The van der Waals surface area contributed by atoms with Crippen molar-refractivity contribution in [3.63, 3.8) is 0 Å². The molecule has 0 fully saturated rings. The predicted octanol–water partition coefficient (Wildman–Crippen LogP) is 3.99. The van der Waals surface area contributed by atoms with Crippen molar-refractivity contribution in [2.45, 2.75) is 6.92 Å². The Balaban J connectivity index is 1.84. The molecule has 0 heterocycles. The van der Waals surface area contributed by atoms with Gasteiger partial charge in [-0.15, -0.1) is 0 Å². The Hall–Kier alpha value is -1.96. The molecule has 2 amide bonds. The van der Waals surface area contributed by atoms with Gasteiger partial charge in [0.15, 0.2) is 6.61 Å². The first-order chi connectivity index (χ1) is 12.4. The van der Waals surface area contributed by atoms with Crippen LogP contribution in [0.5, 0.6) is 11.5 Å². The predicted molar refractivity (Wildman–Crippen MR) is 103 cm³/mol. The molecule has 0 aliphatic heterocycles. The van der Waals surface area contributed by atoms with Crippen molar-refractivity contribution in [3.8, 4) is 11.5 Å². The Morgan fingerprint density at radius 1 is 1.04 bits per heavy atom. The van der Waals surface area contributed by atoms with Crippen LogP contribution in [0.4, 0.5) is 0 Å². The first kappa shape index (κ1) is 20.4. The van der Waals surface area contributed by atoms with Crippen LogP contribution in [0.25, 0.3) is 0 Å². The maximum Gasteiger partial charge on any atom is 0.276 e. The van der Waals surface area contributed by atoms with E-state index in [1.807, 2.05) is 6.92 Å². The highest BCUT2D eigenvalue weighted by atomic mass is 79.9. The van der Waals surface area contributed by atoms with Gasteiger partial charge in [0.25, 0.3) is 11.8 Å². The van der Waals surface area contributed by atoms with Crippen LogP contribution in [0, 0.1) is 0 Å². The van der Waals surface area contributed by atoms with Crippen LogP contribution in [0.2, 0.25) is 10.0 Å². The lowest BCUT2D eigenvalue weighted by atomic mass is 10.2. The van der Waals surface area contributed by atoms with Gasteiger partial charge < -0.3 is 9.47 Å². The van der Waals surface area contributed by atoms with Crippen molar-refractivity contribution in [1.29, 1.82) is 0 Å². The van der Waals surface area contributed by atoms with Gasteiger partial charge in [-0.2, -0.15) is 0 Å². The van der Waals surface area contributed by atoms with Crippen molar-refractivity contribution in [2.75, 3.05) is 13.2 Å². The Morgan fingerprint density at radius 2 is 1.77 bits per heavy atom. The number of ether oxygens (including phenoxy) is 2. The van der Waals surface area contributed by atoms with Gasteiger partial charge >= 0.3 is 0 Å². The molecule has 9 heteroatoms. The molecule has 0 saturated heterocycles. The number of hydrazine groups is 1. The molecule has 26 heavy (non-hydrogen) atoms. The molecule has 2 aromatic carbocycles. The molecule has 0 bridgehead atoms. The number of carbonyl (C=O) groups is 2. The number of halogens is 3. The zero-order valence-corrected chi connectivity index (χ0v) is 16.7. The van der Waals surface area contributed by atoms with Gasteiger partial charge in [-0.3, -0.25) is 20.4 Å². The van der Waals surface area contributed by atoms with Crippen LogP contribution in [0.1, 0.15) is 17.3 Å². The van der Waals surface area contributed by atoms with Gasteiger partial charge in [-0.05, 0) is 59.3 Å². The molecule has 2 aromatic rings. The fourth-order valence-electron chi connectivity index (χ4n) is 1.88. The lowest BCUT2D eigenvalue weighted by Gasteiger charge is -2.11. The van der Waals surface area contributed by atoms with Crippen molar-refractivity contribution in [2.24, 2.45) is 0 Å². The molecule has 0 aromatic heterocycles. The van der Waals surface area contributed by atoms with Crippen molar-refractivity contribution in [1.82, 2.24) is 10.9 Å². The van der Waals surface area contributed by atoms with E-state index in [9.17, 15) is 9.59 Å². The molecule has 2 rings (SSSR count). The summed E-state index contributed by atoms with van der Waals surface area (Å²) in [5, 5.41) is 0.745. The summed E-state index contributed by atoms with van der Waals surface area (Å²) in [6, 6.07) is 9.48. The molecule has 138 valence electrons. The Labute approximate surface area is 168 Å². The molecule has 0 aliphatic carbocycles. The number of benzene rings is 2. The molecular formula is C17H15BrCl2N2O4. The summed E-state index contributed by atoms with van der Waals surface area (Å²) in [6.07, 6.45) is 0. The van der Waals surface area contributed by atoms with Gasteiger partial charge in [-0.1, -0.05) is 23.2 Å². The third-order valence-electron chi connectivity index (χ3n) is 3.06. The fraction of sp³-hybridized carbons (Fsp3) is 0.176. The summed E-state index contributed by atoms with van der Waals surface area (Å²) in [5.74, 6) is -0.0877. The molecular weight excluding hydrogens is 447 g/mol. The second kappa shape index (κ2) is 9.66. The molecule has 0 saturated carbocycles. The molecule has 0 atom stereocenters. The Bertz CT molecular complexity index is 817. The highest BCUT2D eigenvalue weighted by Crippen LogP contribution is 2.27. The minimum atomic E-state index is -0.547. The van der Waals surface area contributed by atoms with E-state index in [1.165, 1.54) is 6.07 Å². The van der Waals surface area contributed by atoms with Crippen LogP contribution in [-0.4, -0.2) is 25.0 Å². The van der Waals surface area contributed by atoms with Crippen molar-refractivity contribution < 1.29 is 19.1 Å². The SMILES string of the molecule is CCOc1ccc(C(=O)NNC(=O)COc2ccc(Cl)cc2Cl)cc1Br. The largest absolute Gasteiger partial charge is 0.493 e.